The molecule has 0 spiro atoms. The molecule has 1 aliphatic heterocycles. The summed E-state index contributed by atoms with van der Waals surface area (Å²) < 4.78 is 25.3. The lowest BCUT2D eigenvalue weighted by Crippen LogP contribution is -2.36. The zero-order valence-electron chi connectivity index (χ0n) is 7.40. The SMILES string of the molecule is O=S(=O)(CCCO)NC1CCSC1. The van der Waals surface area contributed by atoms with Crippen molar-refractivity contribution in [2.75, 3.05) is 23.9 Å². The van der Waals surface area contributed by atoms with Crippen LogP contribution in [0.5, 0.6) is 0 Å². The van der Waals surface area contributed by atoms with E-state index in [1.165, 1.54) is 0 Å². The van der Waals surface area contributed by atoms with E-state index in [4.69, 9.17) is 5.11 Å². The predicted molar refractivity (Wildman–Crippen MR) is 54.4 cm³/mol. The second kappa shape index (κ2) is 5.19. The summed E-state index contributed by atoms with van der Waals surface area (Å²) in [6.45, 7) is -0.0691. The van der Waals surface area contributed by atoms with Gasteiger partial charge in [0, 0.05) is 18.4 Å². The zero-order chi connectivity index (χ0) is 9.73. The van der Waals surface area contributed by atoms with Gasteiger partial charge in [-0.05, 0) is 18.6 Å². The van der Waals surface area contributed by atoms with E-state index >= 15 is 0 Å². The number of thioether (sulfide) groups is 1. The largest absolute Gasteiger partial charge is 0.396 e. The molecule has 0 amide bonds. The molecule has 0 aromatic carbocycles. The van der Waals surface area contributed by atoms with Gasteiger partial charge in [0.15, 0.2) is 0 Å². The molecule has 13 heavy (non-hydrogen) atoms. The van der Waals surface area contributed by atoms with E-state index in [9.17, 15) is 8.42 Å². The van der Waals surface area contributed by atoms with Crippen molar-refractivity contribution >= 4 is 21.8 Å². The summed E-state index contributed by atoms with van der Waals surface area (Å²) in [6, 6.07) is 0.105. The molecule has 1 unspecified atom stereocenters. The van der Waals surface area contributed by atoms with Gasteiger partial charge in [-0.1, -0.05) is 0 Å². The minimum atomic E-state index is -3.15. The van der Waals surface area contributed by atoms with Gasteiger partial charge in [-0.15, -0.1) is 0 Å². The molecule has 1 fully saturated rings. The van der Waals surface area contributed by atoms with Crippen molar-refractivity contribution in [3.8, 4) is 0 Å². The van der Waals surface area contributed by atoms with E-state index in [0.717, 1.165) is 17.9 Å². The average molecular weight is 225 g/mol. The molecular weight excluding hydrogens is 210 g/mol. The molecule has 2 N–H and O–H groups in total. The van der Waals surface area contributed by atoms with Crippen molar-refractivity contribution in [2.45, 2.75) is 18.9 Å². The van der Waals surface area contributed by atoms with Crippen LogP contribution in [-0.4, -0.2) is 43.4 Å². The number of aliphatic hydroxyl groups is 1. The second-order valence-corrected chi connectivity index (χ2v) is 6.10. The van der Waals surface area contributed by atoms with Crippen LogP contribution in [0.15, 0.2) is 0 Å². The van der Waals surface area contributed by atoms with Gasteiger partial charge in [0.2, 0.25) is 10.0 Å². The maximum atomic E-state index is 11.3. The van der Waals surface area contributed by atoms with Crippen molar-refractivity contribution < 1.29 is 13.5 Å². The number of rotatable bonds is 5. The van der Waals surface area contributed by atoms with Crippen LogP contribution in [0.3, 0.4) is 0 Å². The van der Waals surface area contributed by atoms with E-state index in [1.54, 1.807) is 11.8 Å². The van der Waals surface area contributed by atoms with Crippen LogP contribution < -0.4 is 4.72 Å². The molecule has 0 aromatic heterocycles. The molecule has 1 atom stereocenters. The smallest absolute Gasteiger partial charge is 0.211 e. The molecule has 1 saturated heterocycles. The van der Waals surface area contributed by atoms with Crippen LogP contribution in [0, 0.1) is 0 Å². The normalized spacial score (nSPS) is 23.6. The standard InChI is InChI=1S/C7H15NO3S2/c9-3-1-5-13(10,11)8-7-2-4-12-6-7/h7-9H,1-6H2. The molecular formula is C7H15NO3S2. The fourth-order valence-electron chi connectivity index (χ4n) is 1.19. The third-order valence-corrected chi connectivity index (χ3v) is 4.53. The molecule has 1 heterocycles. The lowest BCUT2D eigenvalue weighted by Gasteiger charge is -2.10. The number of hydrogen-bond donors (Lipinski definition) is 2. The highest BCUT2D eigenvalue weighted by Gasteiger charge is 2.20. The highest BCUT2D eigenvalue weighted by atomic mass is 32.2. The maximum absolute atomic E-state index is 11.3. The van der Waals surface area contributed by atoms with E-state index in [2.05, 4.69) is 4.72 Å². The Hall–Kier alpha value is 0.220. The Balaban J connectivity index is 2.32. The monoisotopic (exact) mass is 225 g/mol. The quantitative estimate of drug-likeness (QED) is 0.679. The Labute approximate surface area is 83.2 Å². The highest BCUT2D eigenvalue weighted by Crippen LogP contribution is 2.17. The number of nitrogens with one attached hydrogen (secondary N) is 1. The van der Waals surface area contributed by atoms with Gasteiger partial charge in [0.1, 0.15) is 0 Å². The zero-order valence-corrected chi connectivity index (χ0v) is 9.03. The summed E-state index contributed by atoms with van der Waals surface area (Å²) in [6.07, 6.45) is 1.23. The van der Waals surface area contributed by atoms with Crippen molar-refractivity contribution in [1.82, 2.24) is 4.72 Å². The fraction of sp³-hybridized carbons (Fsp3) is 1.00. The van der Waals surface area contributed by atoms with E-state index in [1.807, 2.05) is 0 Å². The van der Waals surface area contributed by atoms with Crippen LogP contribution in [0.4, 0.5) is 0 Å². The Morgan fingerprint density at radius 1 is 1.54 bits per heavy atom. The third-order valence-electron chi connectivity index (χ3n) is 1.85. The fourth-order valence-corrected chi connectivity index (χ4v) is 3.79. The minimum absolute atomic E-state index is 0.0324. The Morgan fingerprint density at radius 3 is 2.85 bits per heavy atom. The molecule has 0 saturated carbocycles. The van der Waals surface area contributed by atoms with Gasteiger partial charge in [-0.2, -0.15) is 11.8 Å². The molecule has 0 radical (unpaired) electrons. The van der Waals surface area contributed by atoms with Gasteiger partial charge in [0.05, 0.1) is 5.75 Å². The van der Waals surface area contributed by atoms with E-state index < -0.39 is 10.0 Å². The number of hydrogen-bond acceptors (Lipinski definition) is 4. The summed E-state index contributed by atoms with van der Waals surface area (Å²) >= 11 is 1.77. The van der Waals surface area contributed by atoms with Crippen molar-refractivity contribution in [1.29, 1.82) is 0 Å². The Kier molecular flexibility index (Phi) is 4.51. The summed E-state index contributed by atoms with van der Waals surface area (Å²) in [7, 11) is -3.15. The van der Waals surface area contributed by atoms with Crippen LogP contribution in [0.2, 0.25) is 0 Å². The average Bonchev–Trinajstić information content (AvgIpc) is 2.52. The van der Waals surface area contributed by atoms with Gasteiger partial charge in [-0.25, -0.2) is 13.1 Å². The minimum Gasteiger partial charge on any atom is -0.396 e. The molecule has 6 heteroatoms. The first-order valence-corrected chi connectivity index (χ1v) is 7.13. The summed E-state index contributed by atoms with van der Waals surface area (Å²) in [5.74, 6) is 1.94. The molecule has 0 aromatic rings. The van der Waals surface area contributed by atoms with Crippen molar-refractivity contribution in [2.24, 2.45) is 0 Å². The summed E-state index contributed by atoms with van der Waals surface area (Å²) in [5.41, 5.74) is 0. The summed E-state index contributed by atoms with van der Waals surface area (Å²) in [5, 5.41) is 8.49. The van der Waals surface area contributed by atoms with Crippen LogP contribution in [-0.2, 0) is 10.0 Å². The van der Waals surface area contributed by atoms with Crippen molar-refractivity contribution in [3.63, 3.8) is 0 Å². The number of sulfonamides is 1. The van der Waals surface area contributed by atoms with Crippen LogP contribution in [0.25, 0.3) is 0 Å². The van der Waals surface area contributed by atoms with Gasteiger partial charge >= 0.3 is 0 Å². The first-order valence-electron chi connectivity index (χ1n) is 4.32. The molecule has 0 bridgehead atoms. The topological polar surface area (TPSA) is 66.4 Å². The molecule has 1 aliphatic rings. The first-order chi connectivity index (χ1) is 6.14. The van der Waals surface area contributed by atoms with Gasteiger partial charge in [0.25, 0.3) is 0 Å². The lowest BCUT2D eigenvalue weighted by molar-refractivity contribution is 0.295. The van der Waals surface area contributed by atoms with Crippen LogP contribution in [0.1, 0.15) is 12.8 Å². The highest BCUT2D eigenvalue weighted by molar-refractivity contribution is 7.99. The van der Waals surface area contributed by atoms with Gasteiger partial charge < -0.3 is 5.11 Å². The maximum Gasteiger partial charge on any atom is 0.211 e. The van der Waals surface area contributed by atoms with E-state index in [0.29, 0.717) is 6.42 Å². The van der Waals surface area contributed by atoms with Crippen LogP contribution >= 0.6 is 11.8 Å². The molecule has 1 rings (SSSR count). The van der Waals surface area contributed by atoms with E-state index in [-0.39, 0.29) is 18.4 Å². The third kappa shape index (κ3) is 4.30. The molecule has 4 nitrogen and oxygen atoms in total. The molecule has 78 valence electrons. The predicted octanol–water partition coefficient (Wildman–Crippen LogP) is -0.206. The second-order valence-electron chi connectivity index (χ2n) is 3.07. The molecule has 0 aliphatic carbocycles. The van der Waals surface area contributed by atoms with Gasteiger partial charge in [-0.3, -0.25) is 0 Å². The Bertz CT molecular complexity index is 234. The summed E-state index contributed by atoms with van der Waals surface area (Å²) in [4.78, 5) is 0. The first kappa shape index (κ1) is 11.3. The van der Waals surface area contributed by atoms with Crippen molar-refractivity contribution in [3.05, 3.63) is 0 Å². The Morgan fingerprint density at radius 2 is 2.31 bits per heavy atom. The lowest BCUT2D eigenvalue weighted by atomic mass is 10.3. The number of aliphatic hydroxyl groups excluding tert-OH is 1.